The van der Waals surface area contributed by atoms with Gasteiger partial charge in [-0.2, -0.15) is 0 Å². The van der Waals surface area contributed by atoms with Gasteiger partial charge in [0.05, 0.1) is 6.04 Å². The fourth-order valence-corrected chi connectivity index (χ4v) is 2.50. The number of rotatable bonds is 1. The van der Waals surface area contributed by atoms with Crippen LogP contribution in [0.4, 0.5) is 0 Å². The van der Waals surface area contributed by atoms with E-state index in [-0.39, 0.29) is 23.2 Å². The van der Waals surface area contributed by atoms with Gasteiger partial charge in [0.15, 0.2) is 5.43 Å². The summed E-state index contributed by atoms with van der Waals surface area (Å²) in [6.07, 6.45) is 5.25. The highest BCUT2D eigenvalue weighted by atomic mass is 16.2. The highest BCUT2D eigenvalue weighted by Crippen LogP contribution is 2.18. The zero-order chi connectivity index (χ0) is 14.4. The van der Waals surface area contributed by atoms with Gasteiger partial charge in [-0.15, -0.1) is 0 Å². The summed E-state index contributed by atoms with van der Waals surface area (Å²) in [7, 11) is 0. The monoisotopic (exact) mass is 274 g/mol. The lowest BCUT2D eigenvalue weighted by atomic mass is 10.2. The number of fused-ring (bicyclic) bond motifs is 4. The van der Waals surface area contributed by atoms with Gasteiger partial charge in [0.2, 0.25) is 0 Å². The van der Waals surface area contributed by atoms with E-state index in [1.165, 1.54) is 12.3 Å². The van der Waals surface area contributed by atoms with E-state index in [0.717, 1.165) is 0 Å². The first-order valence-electron chi connectivity index (χ1n) is 6.28. The first-order valence-corrected chi connectivity index (χ1v) is 6.28. The molecule has 7 nitrogen and oxygen atoms in total. The Labute approximate surface area is 114 Å². The summed E-state index contributed by atoms with van der Waals surface area (Å²) in [6, 6.07) is 1.22. The predicted molar refractivity (Wildman–Crippen MR) is 71.9 cm³/mol. The van der Waals surface area contributed by atoms with Crippen LogP contribution in [0.5, 0.6) is 0 Å². The molecule has 0 saturated heterocycles. The van der Waals surface area contributed by atoms with Crippen molar-refractivity contribution in [3.63, 3.8) is 0 Å². The fraction of sp³-hybridized carbons (Fsp3) is 0.308. The van der Waals surface area contributed by atoms with E-state index in [4.69, 9.17) is 5.73 Å². The summed E-state index contributed by atoms with van der Waals surface area (Å²) >= 11 is 0. The van der Waals surface area contributed by atoms with E-state index < -0.39 is 11.3 Å². The molecule has 2 aliphatic rings. The third kappa shape index (κ3) is 1.70. The average Bonchev–Trinajstić information content (AvgIpc) is 2.57. The Morgan fingerprint density at radius 1 is 1.40 bits per heavy atom. The van der Waals surface area contributed by atoms with Gasteiger partial charge < -0.3 is 10.6 Å². The molecule has 3 heterocycles. The van der Waals surface area contributed by atoms with Crippen molar-refractivity contribution in [3.05, 3.63) is 45.9 Å². The van der Waals surface area contributed by atoms with E-state index in [0.29, 0.717) is 13.2 Å². The van der Waals surface area contributed by atoms with Crippen molar-refractivity contribution in [2.45, 2.75) is 13.0 Å². The maximum Gasteiger partial charge on any atom is 0.274 e. The van der Waals surface area contributed by atoms with Crippen LogP contribution in [0.3, 0.4) is 0 Å². The number of carbonyl (C=O) groups is 2. The van der Waals surface area contributed by atoms with Crippen LogP contribution in [-0.2, 0) is 0 Å². The fourth-order valence-electron chi connectivity index (χ4n) is 2.50. The molecular formula is C13H14N4O3. The van der Waals surface area contributed by atoms with Gasteiger partial charge in [-0.1, -0.05) is 12.2 Å². The first-order chi connectivity index (χ1) is 9.49. The van der Waals surface area contributed by atoms with Crippen molar-refractivity contribution < 1.29 is 9.59 Å². The molecule has 7 heteroatoms. The molecule has 1 aromatic rings. The van der Waals surface area contributed by atoms with E-state index in [1.54, 1.807) is 9.58 Å². The van der Waals surface area contributed by atoms with Crippen LogP contribution < -0.4 is 16.2 Å². The Morgan fingerprint density at radius 2 is 2.15 bits per heavy atom. The molecule has 2 bridgehead atoms. The summed E-state index contributed by atoms with van der Waals surface area (Å²) in [4.78, 5) is 37.1. The molecule has 2 amide bonds. The highest BCUT2D eigenvalue weighted by molar-refractivity contribution is 5.96. The number of hydrogen-bond acceptors (Lipinski definition) is 4. The summed E-state index contributed by atoms with van der Waals surface area (Å²) in [5, 5.41) is 1.89. The SMILES string of the molecule is CC1C=CCN2CN1n1cc(C(N)=O)c(=O)cc1C2=O. The van der Waals surface area contributed by atoms with Gasteiger partial charge in [0.1, 0.15) is 17.9 Å². The van der Waals surface area contributed by atoms with Crippen LogP contribution in [0.25, 0.3) is 0 Å². The summed E-state index contributed by atoms with van der Waals surface area (Å²) in [5.41, 5.74) is 4.80. The van der Waals surface area contributed by atoms with Crippen molar-refractivity contribution in [3.8, 4) is 0 Å². The number of carbonyl (C=O) groups excluding carboxylic acids is 2. The number of hydrogen-bond donors (Lipinski definition) is 1. The third-order valence-electron chi connectivity index (χ3n) is 3.61. The zero-order valence-electron chi connectivity index (χ0n) is 10.9. The normalized spacial score (nSPS) is 20.6. The standard InChI is InChI=1S/C13H14N4O3/c1-8-3-2-4-15-7-17(8)16-6-9(12(14)19)11(18)5-10(16)13(15)20/h2-3,5-6,8H,4,7H2,1H3,(H2,14,19). The molecule has 0 saturated carbocycles. The molecule has 0 aliphatic carbocycles. The second-order valence-electron chi connectivity index (χ2n) is 4.92. The second kappa shape index (κ2) is 4.22. The lowest BCUT2D eigenvalue weighted by molar-refractivity contribution is 0.0713. The van der Waals surface area contributed by atoms with Crippen LogP contribution in [0.2, 0.25) is 0 Å². The first kappa shape index (κ1) is 12.5. The maximum absolute atomic E-state index is 12.3. The molecule has 2 aliphatic heterocycles. The Bertz CT molecular complexity index is 691. The number of amides is 2. The van der Waals surface area contributed by atoms with Crippen molar-refractivity contribution >= 4 is 11.8 Å². The number of primary amides is 1. The molecule has 1 unspecified atom stereocenters. The molecule has 1 atom stereocenters. The Hall–Kier alpha value is -2.57. The number of nitrogens with zero attached hydrogens (tertiary/aromatic N) is 3. The van der Waals surface area contributed by atoms with E-state index >= 15 is 0 Å². The van der Waals surface area contributed by atoms with E-state index in [2.05, 4.69) is 0 Å². The molecule has 0 spiro atoms. The van der Waals surface area contributed by atoms with Crippen LogP contribution in [-0.4, -0.2) is 40.6 Å². The van der Waals surface area contributed by atoms with Gasteiger partial charge in [-0.25, -0.2) is 0 Å². The predicted octanol–water partition coefficient (Wildman–Crippen LogP) is -0.743. The summed E-state index contributed by atoms with van der Waals surface area (Å²) in [5.74, 6) is -1.02. The molecule has 0 fully saturated rings. The Balaban J connectivity index is 2.24. The van der Waals surface area contributed by atoms with Gasteiger partial charge in [0.25, 0.3) is 11.8 Å². The smallest absolute Gasteiger partial charge is 0.274 e. The molecule has 20 heavy (non-hydrogen) atoms. The van der Waals surface area contributed by atoms with Crippen molar-refractivity contribution in [2.75, 3.05) is 18.2 Å². The zero-order valence-corrected chi connectivity index (χ0v) is 10.9. The van der Waals surface area contributed by atoms with Crippen LogP contribution in [0.1, 0.15) is 27.8 Å². The largest absolute Gasteiger partial charge is 0.365 e. The van der Waals surface area contributed by atoms with Crippen LogP contribution in [0, 0.1) is 0 Å². The van der Waals surface area contributed by atoms with Gasteiger partial charge in [0, 0.05) is 18.8 Å². The van der Waals surface area contributed by atoms with Gasteiger partial charge in [-0.3, -0.25) is 24.1 Å². The molecule has 1 aromatic heterocycles. The molecule has 104 valence electrons. The van der Waals surface area contributed by atoms with Crippen molar-refractivity contribution in [1.82, 2.24) is 9.58 Å². The molecule has 2 N–H and O–H groups in total. The lowest BCUT2D eigenvalue weighted by Gasteiger charge is -2.40. The maximum atomic E-state index is 12.3. The topological polar surface area (TPSA) is 88.6 Å². The lowest BCUT2D eigenvalue weighted by Crippen LogP contribution is -2.56. The van der Waals surface area contributed by atoms with Gasteiger partial charge in [-0.05, 0) is 6.92 Å². The quantitative estimate of drug-likeness (QED) is 0.683. The molecular weight excluding hydrogens is 260 g/mol. The average molecular weight is 274 g/mol. The number of nitrogens with two attached hydrogens (primary N) is 1. The Kier molecular flexibility index (Phi) is 2.63. The van der Waals surface area contributed by atoms with Crippen LogP contribution in [0.15, 0.2) is 29.2 Å². The van der Waals surface area contributed by atoms with E-state index in [1.807, 2.05) is 24.1 Å². The minimum Gasteiger partial charge on any atom is -0.365 e. The second-order valence-corrected chi connectivity index (χ2v) is 4.92. The minimum atomic E-state index is -0.793. The number of aromatic nitrogens is 1. The Morgan fingerprint density at radius 3 is 2.85 bits per heavy atom. The third-order valence-corrected chi connectivity index (χ3v) is 3.61. The van der Waals surface area contributed by atoms with E-state index in [9.17, 15) is 14.4 Å². The number of pyridine rings is 1. The highest BCUT2D eigenvalue weighted by Gasteiger charge is 2.32. The van der Waals surface area contributed by atoms with Crippen LogP contribution >= 0.6 is 0 Å². The summed E-state index contributed by atoms with van der Waals surface area (Å²) in [6.45, 7) is 2.88. The molecule has 3 rings (SSSR count). The van der Waals surface area contributed by atoms with Crippen molar-refractivity contribution in [2.24, 2.45) is 5.73 Å². The minimum absolute atomic E-state index is 0.0371. The summed E-state index contributed by atoms with van der Waals surface area (Å²) < 4.78 is 1.56. The van der Waals surface area contributed by atoms with Crippen molar-refractivity contribution in [1.29, 1.82) is 0 Å². The molecule has 0 radical (unpaired) electrons. The van der Waals surface area contributed by atoms with Gasteiger partial charge >= 0.3 is 0 Å². The molecule has 0 aromatic carbocycles.